The van der Waals surface area contributed by atoms with Crippen molar-refractivity contribution < 1.29 is 4.74 Å². The summed E-state index contributed by atoms with van der Waals surface area (Å²) in [5.41, 5.74) is 7.17. The Morgan fingerprint density at radius 2 is 2.05 bits per heavy atom. The van der Waals surface area contributed by atoms with Crippen molar-refractivity contribution >= 4 is 11.3 Å². The first-order valence-electron chi connectivity index (χ1n) is 6.67. The van der Waals surface area contributed by atoms with Crippen molar-refractivity contribution in [1.29, 1.82) is 0 Å². The Labute approximate surface area is 119 Å². The molecule has 0 aliphatic carbocycles. The van der Waals surface area contributed by atoms with E-state index in [1.807, 2.05) is 23.5 Å². The van der Waals surface area contributed by atoms with Crippen LogP contribution in [-0.4, -0.2) is 13.7 Å². The Kier molecular flexibility index (Phi) is 5.43. The van der Waals surface area contributed by atoms with E-state index in [9.17, 15) is 0 Å². The second-order valence-electron chi connectivity index (χ2n) is 4.74. The van der Waals surface area contributed by atoms with Crippen LogP contribution < -0.4 is 10.5 Å². The molecule has 1 aromatic heterocycles. The molecular weight excluding hydrogens is 254 g/mol. The van der Waals surface area contributed by atoms with Gasteiger partial charge in [-0.15, -0.1) is 11.3 Å². The molecule has 102 valence electrons. The molecule has 2 rings (SSSR count). The molecule has 0 aliphatic rings. The first-order chi connectivity index (χ1) is 9.33. The number of methoxy groups -OCH3 is 1. The standard InChI is InChI=1S/C16H21NOS/c1-18-16-7-3-2-5-14(16)11-13(12-17)8-9-15-6-4-10-19-15/h2-7,10,13H,8-9,11-12,17H2,1H3. The highest BCUT2D eigenvalue weighted by molar-refractivity contribution is 7.09. The van der Waals surface area contributed by atoms with Gasteiger partial charge in [0.15, 0.2) is 0 Å². The Hall–Kier alpha value is -1.32. The van der Waals surface area contributed by atoms with Crippen molar-refractivity contribution in [1.82, 2.24) is 0 Å². The van der Waals surface area contributed by atoms with E-state index < -0.39 is 0 Å². The first-order valence-corrected chi connectivity index (χ1v) is 7.55. The third-order valence-corrected chi connectivity index (χ3v) is 4.35. The molecule has 0 radical (unpaired) electrons. The lowest BCUT2D eigenvalue weighted by molar-refractivity contribution is 0.402. The second kappa shape index (κ2) is 7.31. The van der Waals surface area contributed by atoms with Gasteiger partial charge >= 0.3 is 0 Å². The largest absolute Gasteiger partial charge is 0.496 e. The van der Waals surface area contributed by atoms with Crippen LogP contribution in [0.3, 0.4) is 0 Å². The summed E-state index contributed by atoms with van der Waals surface area (Å²) < 4.78 is 5.40. The van der Waals surface area contributed by atoms with Crippen LogP contribution in [-0.2, 0) is 12.8 Å². The minimum absolute atomic E-state index is 0.512. The number of aryl methyl sites for hydroxylation is 1. The van der Waals surface area contributed by atoms with E-state index >= 15 is 0 Å². The summed E-state index contributed by atoms with van der Waals surface area (Å²) in [6.45, 7) is 0.726. The summed E-state index contributed by atoms with van der Waals surface area (Å²) in [7, 11) is 1.72. The molecule has 0 aliphatic heterocycles. The third-order valence-electron chi connectivity index (χ3n) is 3.41. The molecule has 19 heavy (non-hydrogen) atoms. The molecule has 0 amide bonds. The minimum Gasteiger partial charge on any atom is -0.496 e. The predicted molar refractivity (Wildman–Crippen MR) is 81.9 cm³/mol. The average molecular weight is 275 g/mol. The van der Waals surface area contributed by atoms with E-state index in [-0.39, 0.29) is 0 Å². The van der Waals surface area contributed by atoms with Gasteiger partial charge in [-0.05, 0) is 54.8 Å². The Morgan fingerprint density at radius 3 is 2.74 bits per heavy atom. The molecule has 2 nitrogen and oxygen atoms in total. The molecule has 0 bridgehead atoms. The number of benzene rings is 1. The fourth-order valence-corrected chi connectivity index (χ4v) is 3.01. The van der Waals surface area contributed by atoms with Crippen LogP contribution in [0.5, 0.6) is 5.75 Å². The summed E-state index contributed by atoms with van der Waals surface area (Å²) >= 11 is 1.82. The van der Waals surface area contributed by atoms with Crippen LogP contribution in [0.1, 0.15) is 16.9 Å². The van der Waals surface area contributed by atoms with Gasteiger partial charge in [0.1, 0.15) is 5.75 Å². The van der Waals surface area contributed by atoms with Crippen molar-refractivity contribution in [3.8, 4) is 5.75 Å². The van der Waals surface area contributed by atoms with E-state index in [4.69, 9.17) is 10.5 Å². The Morgan fingerprint density at radius 1 is 1.21 bits per heavy atom. The monoisotopic (exact) mass is 275 g/mol. The highest BCUT2D eigenvalue weighted by Crippen LogP contribution is 2.23. The lowest BCUT2D eigenvalue weighted by Crippen LogP contribution is -2.18. The molecule has 1 aromatic carbocycles. The fraction of sp³-hybridized carbons (Fsp3) is 0.375. The van der Waals surface area contributed by atoms with Gasteiger partial charge in [0.2, 0.25) is 0 Å². The topological polar surface area (TPSA) is 35.2 Å². The van der Waals surface area contributed by atoms with Gasteiger partial charge in [0.25, 0.3) is 0 Å². The number of rotatable bonds is 7. The zero-order chi connectivity index (χ0) is 13.5. The molecule has 1 unspecified atom stereocenters. The Bertz CT molecular complexity index is 481. The van der Waals surface area contributed by atoms with Gasteiger partial charge in [0, 0.05) is 4.88 Å². The van der Waals surface area contributed by atoms with Crippen LogP contribution in [0.2, 0.25) is 0 Å². The number of hydrogen-bond acceptors (Lipinski definition) is 3. The van der Waals surface area contributed by atoms with Gasteiger partial charge < -0.3 is 10.5 Å². The van der Waals surface area contributed by atoms with Crippen molar-refractivity contribution in [3.63, 3.8) is 0 Å². The van der Waals surface area contributed by atoms with E-state index in [0.29, 0.717) is 5.92 Å². The summed E-state index contributed by atoms with van der Waals surface area (Å²) in [6.07, 6.45) is 3.25. The third kappa shape index (κ3) is 4.08. The molecule has 1 atom stereocenters. The van der Waals surface area contributed by atoms with Crippen LogP contribution >= 0.6 is 11.3 Å². The normalized spacial score (nSPS) is 12.3. The molecular formula is C16H21NOS. The average Bonchev–Trinajstić information content (AvgIpc) is 2.97. The molecule has 2 N–H and O–H groups in total. The van der Waals surface area contributed by atoms with Gasteiger partial charge in [0.05, 0.1) is 7.11 Å². The number of nitrogens with two attached hydrogens (primary N) is 1. The lowest BCUT2D eigenvalue weighted by Gasteiger charge is -2.16. The maximum Gasteiger partial charge on any atom is 0.122 e. The van der Waals surface area contributed by atoms with Crippen LogP contribution in [0, 0.1) is 5.92 Å². The van der Waals surface area contributed by atoms with Crippen molar-refractivity contribution in [3.05, 3.63) is 52.2 Å². The van der Waals surface area contributed by atoms with E-state index in [2.05, 4.69) is 29.6 Å². The summed E-state index contributed by atoms with van der Waals surface area (Å²) in [6, 6.07) is 12.5. The van der Waals surface area contributed by atoms with Gasteiger partial charge in [-0.3, -0.25) is 0 Å². The summed E-state index contributed by atoms with van der Waals surface area (Å²) in [5.74, 6) is 1.48. The molecule has 0 saturated carbocycles. The quantitative estimate of drug-likeness (QED) is 0.839. The number of para-hydroxylation sites is 1. The maximum absolute atomic E-state index is 5.91. The van der Waals surface area contributed by atoms with E-state index in [1.165, 1.54) is 10.4 Å². The lowest BCUT2D eigenvalue weighted by atomic mass is 9.94. The van der Waals surface area contributed by atoms with E-state index in [0.717, 1.165) is 31.6 Å². The van der Waals surface area contributed by atoms with E-state index in [1.54, 1.807) is 7.11 Å². The van der Waals surface area contributed by atoms with Crippen molar-refractivity contribution in [2.24, 2.45) is 11.7 Å². The number of thiophene rings is 1. The fourth-order valence-electron chi connectivity index (χ4n) is 2.29. The van der Waals surface area contributed by atoms with Crippen LogP contribution in [0.25, 0.3) is 0 Å². The van der Waals surface area contributed by atoms with Crippen LogP contribution in [0.15, 0.2) is 41.8 Å². The highest BCUT2D eigenvalue weighted by atomic mass is 32.1. The number of hydrogen-bond donors (Lipinski definition) is 1. The van der Waals surface area contributed by atoms with Gasteiger partial charge in [-0.2, -0.15) is 0 Å². The molecule has 1 heterocycles. The predicted octanol–water partition coefficient (Wildman–Crippen LogP) is 3.51. The molecule has 0 spiro atoms. The molecule has 3 heteroatoms. The molecule has 0 saturated heterocycles. The zero-order valence-electron chi connectivity index (χ0n) is 11.3. The zero-order valence-corrected chi connectivity index (χ0v) is 12.2. The SMILES string of the molecule is COc1ccccc1CC(CN)CCc1cccs1. The van der Waals surface area contributed by atoms with Crippen molar-refractivity contribution in [2.75, 3.05) is 13.7 Å². The van der Waals surface area contributed by atoms with Gasteiger partial charge in [-0.1, -0.05) is 24.3 Å². The van der Waals surface area contributed by atoms with Crippen molar-refractivity contribution in [2.45, 2.75) is 19.3 Å². The molecule has 2 aromatic rings. The van der Waals surface area contributed by atoms with Gasteiger partial charge in [-0.25, -0.2) is 0 Å². The first kappa shape index (κ1) is 14.1. The summed E-state index contributed by atoms with van der Waals surface area (Å²) in [4.78, 5) is 1.44. The number of ether oxygens (including phenoxy) is 1. The smallest absolute Gasteiger partial charge is 0.122 e. The Balaban J connectivity index is 1.94. The minimum atomic E-state index is 0.512. The highest BCUT2D eigenvalue weighted by Gasteiger charge is 2.11. The van der Waals surface area contributed by atoms with Crippen LogP contribution in [0.4, 0.5) is 0 Å². The molecule has 0 fully saturated rings. The second-order valence-corrected chi connectivity index (χ2v) is 5.77. The maximum atomic E-state index is 5.91. The summed E-state index contributed by atoms with van der Waals surface area (Å²) in [5, 5.41) is 2.13.